The van der Waals surface area contributed by atoms with Gasteiger partial charge in [0.2, 0.25) is 0 Å². The molecular weight excluding hydrogens is 829 g/mol. The molecule has 0 fully saturated rings. The first kappa shape index (κ1) is 62.5. The fourth-order valence-corrected chi connectivity index (χ4v) is 6.68. The van der Waals surface area contributed by atoms with Crippen LogP contribution >= 0.6 is 0 Å². The standard InChI is InChI=1S/C61H96O6/c1-4-7-10-13-16-19-22-24-26-28-30-32-34-36-39-42-45-48-51-54-60(63)66-57-58(56-65-59(62)53-50-47-44-41-38-21-18-15-12-9-6-3)67-61(64)55-52-49-46-43-40-37-35-33-31-29-27-25-23-20-17-14-11-8-5-2/h7,10,16-17,19-20,24-27,30-33,36-37,39-40,45-46,48-49,58H,4-6,8-9,11-15,18,21-23,28-29,34-35,38,41-44,47,50-57H2,1-3H3/b10-7-,19-16-,20-17-,26-24-,27-25-,32-30-,33-31-,39-36-,40-37-,48-45-,49-46-/t58-/m0/s1. The van der Waals surface area contributed by atoms with E-state index >= 15 is 0 Å². The van der Waals surface area contributed by atoms with Crippen LogP contribution in [-0.2, 0) is 28.6 Å². The Morgan fingerprint density at radius 1 is 0.313 bits per heavy atom. The number of carbonyl (C=O) groups excluding carboxylic acids is 3. The molecule has 0 aliphatic carbocycles. The quantitative estimate of drug-likeness (QED) is 0.0262. The Morgan fingerprint density at radius 3 is 1.00 bits per heavy atom. The van der Waals surface area contributed by atoms with Crippen LogP contribution in [0, 0.1) is 0 Å². The first-order valence-corrected chi connectivity index (χ1v) is 26.7. The average Bonchev–Trinajstić information content (AvgIpc) is 3.33. The molecular formula is C61H96O6. The van der Waals surface area contributed by atoms with E-state index in [1.165, 1.54) is 77.0 Å². The van der Waals surface area contributed by atoms with Gasteiger partial charge < -0.3 is 14.2 Å². The maximum Gasteiger partial charge on any atom is 0.306 e. The van der Waals surface area contributed by atoms with E-state index in [1.807, 2.05) is 24.3 Å². The van der Waals surface area contributed by atoms with Crippen molar-refractivity contribution in [3.05, 3.63) is 134 Å². The summed E-state index contributed by atoms with van der Waals surface area (Å²) < 4.78 is 16.6. The van der Waals surface area contributed by atoms with Crippen LogP contribution in [-0.4, -0.2) is 37.2 Å². The molecule has 0 bridgehead atoms. The highest BCUT2D eigenvalue weighted by molar-refractivity contribution is 5.71. The third kappa shape index (κ3) is 52.4. The van der Waals surface area contributed by atoms with Crippen LogP contribution in [0.5, 0.6) is 0 Å². The summed E-state index contributed by atoms with van der Waals surface area (Å²) in [7, 11) is 0. The largest absolute Gasteiger partial charge is 0.462 e. The Labute approximate surface area is 411 Å². The Hall–Kier alpha value is -4.45. The van der Waals surface area contributed by atoms with Crippen molar-refractivity contribution in [1.82, 2.24) is 0 Å². The zero-order valence-electron chi connectivity index (χ0n) is 42.9. The smallest absolute Gasteiger partial charge is 0.306 e. The molecule has 0 heterocycles. The summed E-state index contributed by atoms with van der Waals surface area (Å²) in [5, 5.41) is 0. The normalized spacial score (nSPS) is 13.2. The Bertz CT molecular complexity index is 1480. The number of unbranched alkanes of at least 4 members (excludes halogenated alkanes) is 13. The van der Waals surface area contributed by atoms with Crippen LogP contribution < -0.4 is 0 Å². The molecule has 6 heteroatoms. The minimum absolute atomic E-state index is 0.134. The molecule has 1 atom stereocenters. The molecule has 0 aliphatic heterocycles. The molecule has 6 nitrogen and oxygen atoms in total. The topological polar surface area (TPSA) is 78.9 Å². The first-order valence-electron chi connectivity index (χ1n) is 26.7. The number of carbonyl (C=O) groups is 3. The fraction of sp³-hybridized carbons (Fsp3) is 0.590. The maximum atomic E-state index is 12.8. The zero-order chi connectivity index (χ0) is 48.6. The summed E-state index contributed by atoms with van der Waals surface area (Å²) >= 11 is 0. The number of ether oxygens (including phenoxy) is 3. The SMILES string of the molecule is CC/C=C\C/C=C\C/C=C\C/C=C\C/C=C\C/C=C\CCC(=O)OC[C@H](COC(=O)CCCCCCCCCCCCC)OC(=O)CC/C=C\C/C=C\C/C=C\C/C=C\C/C=C\CCCCC. The molecule has 0 aromatic carbocycles. The van der Waals surface area contributed by atoms with Gasteiger partial charge in [-0.1, -0.05) is 231 Å². The molecule has 376 valence electrons. The monoisotopic (exact) mass is 925 g/mol. The Kier molecular flexibility index (Phi) is 50.6. The number of rotatable bonds is 46. The highest BCUT2D eigenvalue weighted by Crippen LogP contribution is 2.13. The lowest BCUT2D eigenvalue weighted by atomic mass is 10.1. The second-order valence-electron chi connectivity index (χ2n) is 17.1. The van der Waals surface area contributed by atoms with Gasteiger partial charge in [0.15, 0.2) is 6.10 Å². The fourth-order valence-electron chi connectivity index (χ4n) is 6.68. The highest BCUT2D eigenvalue weighted by Gasteiger charge is 2.19. The van der Waals surface area contributed by atoms with Crippen molar-refractivity contribution in [3.8, 4) is 0 Å². The van der Waals surface area contributed by atoms with Crippen LogP contribution in [0.25, 0.3) is 0 Å². The van der Waals surface area contributed by atoms with E-state index in [9.17, 15) is 14.4 Å². The second-order valence-corrected chi connectivity index (χ2v) is 17.1. The van der Waals surface area contributed by atoms with Gasteiger partial charge in [0, 0.05) is 19.3 Å². The molecule has 0 aromatic heterocycles. The van der Waals surface area contributed by atoms with Crippen molar-refractivity contribution in [1.29, 1.82) is 0 Å². The molecule has 0 N–H and O–H groups in total. The summed E-state index contributed by atoms with van der Waals surface area (Å²) in [5.74, 6) is -1.11. The van der Waals surface area contributed by atoms with Crippen molar-refractivity contribution >= 4 is 17.9 Å². The minimum atomic E-state index is -0.851. The first-order chi connectivity index (χ1) is 33.0. The lowest BCUT2D eigenvalue weighted by molar-refractivity contribution is -0.166. The summed E-state index contributed by atoms with van der Waals surface area (Å²) in [6.07, 6.45) is 76.0. The third-order valence-corrected chi connectivity index (χ3v) is 10.7. The van der Waals surface area contributed by atoms with E-state index < -0.39 is 12.1 Å². The summed E-state index contributed by atoms with van der Waals surface area (Å²) in [6, 6.07) is 0. The molecule has 0 rings (SSSR count). The molecule has 0 saturated carbocycles. The highest BCUT2D eigenvalue weighted by atomic mass is 16.6. The van der Waals surface area contributed by atoms with Gasteiger partial charge in [-0.15, -0.1) is 0 Å². The molecule has 0 aliphatic rings. The number of hydrogen-bond acceptors (Lipinski definition) is 6. The predicted molar refractivity (Wildman–Crippen MR) is 288 cm³/mol. The van der Waals surface area contributed by atoms with Gasteiger partial charge >= 0.3 is 17.9 Å². The summed E-state index contributed by atoms with van der Waals surface area (Å²) in [4.78, 5) is 37.9. The van der Waals surface area contributed by atoms with E-state index in [4.69, 9.17) is 14.2 Å². The van der Waals surface area contributed by atoms with Gasteiger partial charge in [0.05, 0.1) is 0 Å². The van der Waals surface area contributed by atoms with Crippen LogP contribution in [0.4, 0.5) is 0 Å². The summed E-state index contributed by atoms with van der Waals surface area (Å²) in [6.45, 7) is 6.34. The molecule has 0 aromatic rings. The zero-order valence-corrected chi connectivity index (χ0v) is 42.9. The summed E-state index contributed by atoms with van der Waals surface area (Å²) in [5.41, 5.74) is 0. The molecule has 0 saturated heterocycles. The average molecular weight is 925 g/mol. The van der Waals surface area contributed by atoms with Gasteiger partial charge in [-0.2, -0.15) is 0 Å². The van der Waals surface area contributed by atoms with E-state index in [0.29, 0.717) is 19.3 Å². The van der Waals surface area contributed by atoms with Crippen molar-refractivity contribution in [2.75, 3.05) is 13.2 Å². The van der Waals surface area contributed by atoms with Crippen molar-refractivity contribution < 1.29 is 28.6 Å². The van der Waals surface area contributed by atoms with E-state index in [0.717, 1.165) is 83.5 Å². The van der Waals surface area contributed by atoms with Crippen LogP contribution in [0.1, 0.15) is 213 Å². The Balaban J connectivity index is 4.62. The van der Waals surface area contributed by atoms with Gasteiger partial charge in [0.25, 0.3) is 0 Å². The van der Waals surface area contributed by atoms with Gasteiger partial charge in [-0.05, 0) is 96.3 Å². The molecule has 0 unspecified atom stereocenters. The van der Waals surface area contributed by atoms with Crippen LogP contribution in [0.3, 0.4) is 0 Å². The van der Waals surface area contributed by atoms with Crippen LogP contribution in [0.2, 0.25) is 0 Å². The number of allylic oxidation sites excluding steroid dienone is 22. The second kappa shape index (κ2) is 54.2. The lowest BCUT2D eigenvalue weighted by Gasteiger charge is -2.18. The van der Waals surface area contributed by atoms with Crippen LogP contribution in [0.15, 0.2) is 134 Å². The number of esters is 3. The lowest BCUT2D eigenvalue weighted by Crippen LogP contribution is -2.30. The van der Waals surface area contributed by atoms with Gasteiger partial charge in [-0.3, -0.25) is 14.4 Å². The van der Waals surface area contributed by atoms with Crippen molar-refractivity contribution in [3.63, 3.8) is 0 Å². The molecule has 0 amide bonds. The maximum absolute atomic E-state index is 12.8. The minimum Gasteiger partial charge on any atom is -0.462 e. The number of hydrogen-bond donors (Lipinski definition) is 0. The van der Waals surface area contributed by atoms with E-state index in [-0.39, 0.29) is 38.0 Å². The van der Waals surface area contributed by atoms with Gasteiger partial charge in [0.1, 0.15) is 13.2 Å². The predicted octanol–water partition coefficient (Wildman–Crippen LogP) is 17.9. The van der Waals surface area contributed by atoms with E-state index in [1.54, 1.807) is 0 Å². The molecule has 0 radical (unpaired) electrons. The van der Waals surface area contributed by atoms with E-state index in [2.05, 4.69) is 130 Å². The molecule has 0 spiro atoms. The van der Waals surface area contributed by atoms with Crippen molar-refractivity contribution in [2.45, 2.75) is 219 Å². The Morgan fingerprint density at radius 2 is 0.612 bits per heavy atom. The third-order valence-electron chi connectivity index (χ3n) is 10.7. The van der Waals surface area contributed by atoms with Crippen molar-refractivity contribution in [2.24, 2.45) is 0 Å². The van der Waals surface area contributed by atoms with Gasteiger partial charge in [-0.25, -0.2) is 0 Å². The molecule has 67 heavy (non-hydrogen) atoms.